The molecule has 6 heteroatoms. The Hall–Kier alpha value is -1.49. The fourth-order valence-corrected chi connectivity index (χ4v) is 2.02. The second kappa shape index (κ2) is 7.19. The summed E-state index contributed by atoms with van der Waals surface area (Å²) in [6, 6.07) is 2.93. The Morgan fingerprint density at radius 3 is 2.58 bits per heavy atom. The van der Waals surface area contributed by atoms with Crippen LogP contribution in [0, 0.1) is 10.1 Å². The van der Waals surface area contributed by atoms with Crippen LogP contribution in [-0.4, -0.2) is 18.1 Å². The lowest BCUT2D eigenvalue weighted by Crippen LogP contribution is -2.12. The van der Waals surface area contributed by atoms with E-state index in [-0.39, 0.29) is 17.7 Å². The first-order valence-electron chi connectivity index (χ1n) is 6.11. The Labute approximate surface area is 117 Å². The zero-order valence-corrected chi connectivity index (χ0v) is 12.1. The zero-order valence-electron chi connectivity index (χ0n) is 11.3. The number of methoxy groups -OCH3 is 1. The Morgan fingerprint density at radius 1 is 1.42 bits per heavy atom. The normalized spacial score (nSPS) is 12.0. The fourth-order valence-electron chi connectivity index (χ4n) is 1.80. The quantitative estimate of drug-likeness (QED) is 0.433. The molecule has 0 saturated heterocycles. The van der Waals surface area contributed by atoms with Gasteiger partial charge in [-0.3, -0.25) is 10.1 Å². The molecular weight excluding hydrogens is 270 g/mol. The molecule has 0 spiro atoms. The van der Waals surface area contributed by atoms with E-state index < -0.39 is 4.92 Å². The van der Waals surface area contributed by atoms with E-state index >= 15 is 0 Å². The predicted molar refractivity (Wildman–Crippen MR) is 74.2 cm³/mol. The summed E-state index contributed by atoms with van der Waals surface area (Å²) in [5, 5.41) is 11.0. The van der Waals surface area contributed by atoms with Gasteiger partial charge in [0.05, 0.1) is 30.1 Å². The first-order valence-corrected chi connectivity index (χ1v) is 6.64. The molecule has 106 valence electrons. The highest BCUT2D eigenvalue weighted by Gasteiger charge is 2.20. The van der Waals surface area contributed by atoms with E-state index in [1.807, 2.05) is 6.92 Å². The van der Waals surface area contributed by atoms with Gasteiger partial charge in [-0.1, -0.05) is 13.3 Å². The van der Waals surface area contributed by atoms with Gasteiger partial charge in [-0.25, -0.2) is 0 Å². The van der Waals surface area contributed by atoms with Crippen LogP contribution < -0.4 is 9.47 Å². The van der Waals surface area contributed by atoms with Crippen molar-refractivity contribution in [2.75, 3.05) is 7.11 Å². The molecule has 1 atom stereocenters. The minimum absolute atomic E-state index is 0.0274. The second-order valence-corrected chi connectivity index (χ2v) is 4.51. The van der Waals surface area contributed by atoms with Crippen molar-refractivity contribution in [1.29, 1.82) is 0 Å². The van der Waals surface area contributed by atoms with E-state index in [0.29, 0.717) is 17.1 Å². The van der Waals surface area contributed by atoms with Gasteiger partial charge in [0, 0.05) is 5.56 Å². The highest BCUT2D eigenvalue weighted by Crippen LogP contribution is 2.36. The first kappa shape index (κ1) is 15.6. The van der Waals surface area contributed by atoms with E-state index in [4.69, 9.17) is 21.1 Å². The molecule has 1 aromatic carbocycles. The van der Waals surface area contributed by atoms with E-state index in [9.17, 15) is 10.1 Å². The van der Waals surface area contributed by atoms with Crippen LogP contribution in [-0.2, 0) is 5.88 Å². The maximum Gasteiger partial charge on any atom is 0.277 e. The van der Waals surface area contributed by atoms with Crippen LogP contribution >= 0.6 is 11.6 Å². The predicted octanol–water partition coefficient (Wildman–Crippen LogP) is 3.91. The number of rotatable bonds is 7. The molecule has 0 N–H and O–H groups in total. The van der Waals surface area contributed by atoms with Crippen LogP contribution in [0.4, 0.5) is 5.69 Å². The molecule has 19 heavy (non-hydrogen) atoms. The molecule has 0 radical (unpaired) electrons. The lowest BCUT2D eigenvalue weighted by atomic mass is 10.1. The van der Waals surface area contributed by atoms with Crippen molar-refractivity contribution in [2.45, 2.75) is 38.7 Å². The lowest BCUT2D eigenvalue weighted by Gasteiger charge is -2.17. The van der Waals surface area contributed by atoms with Crippen LogP contribution in [0.1, 0.15) is 32.3 Å². The van der Waals surface area contributed by atoms with Gasteiger partial charge < -0.3 is 9.47 Å². The summed E-state index contributed by atoms with van der Waals surface area (Å²) >= 11 is 5.71. The minimum Gasteiger partial charge on any atom is -0.493 e. The highest BCUT2D eigenvalue weighted by molar-refractivity contribution is 6.17. The lowest BCUT2D eigenvalue weighted by molar-refractivity contribution is -0.385. The zero-order chi connectivity index (χ0) is 14.4. The van der Waals surface area contributed by atoms with Gasteiger partial charge in [-0.2, -0.15) is 0 Å². The SMILES string of the molecule is CCCC(C)Oc1cc([N+](=O)[O-])c(CCl)cc1OC. The molecule has 0 amide bonds. The van der Waals surface area contributed by atoms with Crippen molar-refractivity contribution in [1.82, 2.24) is 0 Å². The second-order valence-electron chi connectivity index (χ2n) is 4.24. The molecule has 0 heterocycles. The van der Waals surface area contributed by atoms with E-state index in [1.165, 1.54) is 13.2 Å². The monoisotopic (exact) mass is 287 g/mol. The average molecular weight is 288 g/mol. The summed E-state index contributed by atoms with van der Waals surface area (Å²) in [5.74, 6) is 0.894. The molecule has 1 unspecified atom stereocenters. The van der Waals surface area contributed by atoms with Crippen molar-refractivity contribution in [3.63, 3.8) is 0 Å². The molecule has 0 fully saturated rings. The number of hydrogen-bond donors (Lipinski definition) is 0. The van der Waals surface area contributed by atoms with E-state index in [1.54, 1.807) is 6.07 Å². The number of nitro benzene ring substituents is 1. The van der Waals surface area contributed by atoms with Crippen LogP contribution in [0.2, 0.25) is 0 Å². The van der Waals surface area contributed by atoms with E-state index in [0.717, 1.165) is 12.8 Å². The number of nitro groups is 1. The summed E-state index contributed by atoms with van der Waals surface area (Å²) in [6.45, 7) is 3.97. The molecule has 0 saturated carbocycles. The standard InChI is InChI=1S/C13H18ClNO4/c1-4-5-9(2)19-13-7-11(15(16)17)10(8-14)6-12(13)18-3/h6-7,9H,4-5,8H2,1-3H3. The molecule has 0 aliphatic carbocycles. The van der Waals surface area contributed by atoms with Crippen molar-refractivity contribution in [3.05, 3.63) is 27.8 Å². The van der Waals surface area contributed by atoms with Gasteiger partial charge >= 0.3 is 0 Å². The largest absolute Gasteiger partial charge is 0.493 e. The van der Waals surface area contributed by atoms with Gasteiger partial charge in [-0.05, 0) is 19.4 Å². The topological polar surface area (TPSA) is 61.6 Å². The smallest absolute Gasteiger partial charge is 0.277 e. The number of hydrogen-bond acceptors (Lipinski definition) is 4. The maximum absolute atomic E-state index is 11.0. The summed E-state index contributed by atoms with van der Waals surface area (Å²) in [6.07, 6.45) is 1.82. The number of nitrogens with zero attached hydrogens (tertiary/aromatic N) is 1. The van der Waals surface area contributed by atoms with Gasteiger partial charge in [0.15, 0.2) is 11.5 Å². The van der Waals surface area contributed by atoms with Crippen molar-refractivity contribution >= 4 is 17.3 Å². The summed E-state index contributed by atoms with van der Waals surface area (Å²) in [4.78, 5) is 10.5. The van der Waals surface area contributed by atoms with Gasteiger partial charge in [0.1, 0.15) is 0 Å². The Kier molecular flexibility index (Phi) is 5.89. The minimum atomic E-state index is -0.464. The third kappa shape index (κ3) is 3.99. The maximum atomic E-state index is 11.0. The van der Waals surface area contributed by atoms with Crippen LogP contribution in [0.15, 0.2) is 12.1 Å². The molecule has 0 bridgehead atoms. The van der Waals surface area contributed by atoms with Gasteiger partial charge in [0.25, 0.3) is 5.69 Å². The first-order chi connectivity index (χ1) is 9.03. The molecule has 0 aliphatic rings. The Morgan fingerprint density at radius 2 is 2.11 bits per heavy atom. The van der Waals surface area contributed by atoms with Crippen LogP contribution in [0.3, 0.4) is 0 Å². The fraction of sp³-hybridized carbons (Fsp3) is 0.538. The number of alkyl halides is 1. The molecule has 0 aromatic heterocycles. The highest BCUT2D eigenvalue weighted by atomic mass is 35.5. The summed E-state index contributed by atoms with van der Waals surface area (Å²) in [7, 11) is 1.50. The van der Waals surface area contributed by atoms with Crippen LogP contribution in [0.5, 0.6) is 11.5 Å². The Bertz CT molecular complexity index is 451. The van der Waals surface area contributed by atoms with Gasteiger partial charge in [0.2, 0.25) is 0 Å². The summed E-state index contributed by atoms with van der Waals surface area (Å²) in [5.41, 5.74) is 0.369. The third-order valence-electron chi connectivity index (χ3n) is 2.73. The molecular formula is C13H18ClNO4. The molecule has 0 aliphatic heterocycles. The number of ether oxygens (including phenoxy) is 2. The van der Waals surface area contributed by atoms with Crippen molar-refractivity contribution in [2.24, 2.45) is 0 Å². The van der Waals surface area contributed by atoms with Crippen molar-refractivity contribution < 1.29 is 14.4 Å². The van der Waals surface area contributed by atoms with E-state index in [2.05, 4.69) is 6.92 Å². The average Bonchev–Trinajstić information content (AvgIpc) is 2.38. The van der Waals surface area contributed by atoms with Crippen molar-refractivity contribution in [3.8, 4) is 11.5 Å². The van der Waals surface area contributed by atoms with Gasteiger partial charge in [-0.15, -0.1) is 11.6 Å². The number of halogens is 1. The molecule has 1 aromatic rings. The summed E-state index contributed by atoms with van der Waals surface area (Å²) < 4.78 is 10.9. The number of benzene rings is 1. The molecule has 5 nitrogen and oxygen atoms in total. The van der Waals surface area contributed by atoms with Crippen LogP contribution in [0.25, 0.3) is 0 Å². The Balaban J connectivity index is 3.14. The molecule has 1 rings (SSSR count). The third-order valence-corrected chi connectivity index (χ3v) is 3.02.